The molecule has 0 saturated heterocycles. The Kier molecular flexibility index (Phi) is 58.0. The van der Waals surface area contributed by atoms with Crippen LogP contribution in [0.25, 0.3) is 0 Å². The molecule has 39 valence electrons. The van der Waals surface area contributed by atoms with Crippen LogP contribution in [0.4, 0.5) is 0 Å². The summed E-state index contributed by atoms with van der Waals surface area (Å²) in [6.45, 7) is 0. The molecule has 0 aromatic carbocycles. The number of rotatable bonds is 0. The van der Waals surface area contributed by atoms with Crippen molar-refractivity contribution in [1.29, 1.82) is 0 Å². The predicted octanol–water partition coefficient (Wildman–Crippen LogP) is -0.0672. The van der Waals surface area contributed by atoms with Gasteiger partial charge in [0, 0.05) is 33.6 Å². The summed E-state index contributed by atoms with van der Waals surface area (Å²) in [5, 5.41) is 6.93. The van der Waals surface area contributed by atoms with Gasteiger partial charge >= 0.3 is 25.3 Å². The molecule has 0 bridgehead atoms. The van der Waals surface area contributed by atoms with E-state index in [0.717, 1.165) is 0 Å². The first-order valence-electron chi connectivity index (χ1n) is 0.319. The quantitative estimate of drug-likeness (QED) is 0.341. The zero-order valence-corrected chi connectivity index (χ0v) is 5.09. The fourth-order valence-electron chi connectivity index (χ4n) is 0. The SMILES string of the molecule is O[O][Co].[Mn].[Ni]. The Labute approximate surface area is 58.9 Å². The minimum atomic E-state index is 0. The van der Waals surface area contributed by atoms with Crippen molar-refractivity contribution in [3.63, 3.8) is 0 Å². The van der Waals surface area contributed by atoms with Gasteiger partial charge in [-0.15, -0.1) is 0 Å². The van der Waals surface area contributed by atoms with Crippen LogP contribution in [-0.2, 0) is 53.6 Å². The van der Waals surface area contributed by atoms with E-state index in [2.05, 4.69) is 20.1 Å². The normalized spacial score (nSPS) is 3.80. The maximum Gasteiger partial charge on any atom is 0 e. The molecule has 0 aliphatic rings. The van der Waals surface area contributed by atoms with E-state index in [1.165, 1.54) is 0 Å². The molecule has 0 aliphatic heterocycles. The van der Waals surface area contributed by atoms with Gasteiger partial charge in [-0.25, -0.2) is 0 Å². The van der Waals surface area contributed by atoms with Gasteiger partial charge in [-0.3, -0.25) is 0 Å². The fourth-order valence-corrected chi connectivity index (χ4v) is 0. The molecule has 5 heteroatoms. The van der Waals surface area contributed by atoms with Gasteiger partial charge in [0.2, 0.25) is 0 Å². The Hall–Kier alpha value is 1.44. The van der Waals surface area contributed by atoms with E-state index in [0.29, 0.717) is 0 Å². The summed E-state index contributed by atoms with van der Waals surface area (Å²) >= 11 is 2.88. The largest absolute Gasteiger partial charge is 0 e. The summed E-state index contributed by atoms with van der Waals surface area (Å²) in [5.41, 5.74) is 0. The molecule has 0 saturated carbocycles. The van der Waals surface area contributed by atoms with Gasteiger partial charge in [0.1, 0.15) is 0 Å². The Morgan fingerprint density at radius 1 is 1.60 bits per heavy atom. The molecule has 1 N–H and O–H groups in total. The second kappa shape index (κ2) is 18.0. The monoisotopic (exact) mass is 205 g/mol. The van der Waals surface area contributed by atoms with Crippen LogP contribution in [0.1, 0.15) is 0 Å². The van der Waals surface area contributed by atoms with E-state index in [4.69, 9.17) is 5.26 Å². The third kappa shape index (κ3) is 31.1. The molecule has 1 radical (unpaired) electrons. The first-order chi connectivity index (χ1) is 1.41. The first kappa shape index (κ1) is 16.1. The van der Waals surface area contributed by atoms with Crippen LogP contribution in [0.15, 0.2) is 0 Å². The van der Waals surface area contributed by atoms with E-state index >= 15 is 0 Å². The molecule has 0 spiro atoms. The van der Waals surface area contributed by atoms with Crippen molar-refractivity contribution in [3.8, 4) is 0 Å². The van der Waals surface area contributed by atoms with Gasteiger partial charge in [0.05, 0.1) is 0 Å². The number of hydrogen-bond donors (Lipinski definition) is 1. The van der Waals surface area contributed by atoms with Crippen molar-refractivity contribution >= 4 is 0 Å². The predicted molar refractivity (Wildman–Crippen MR) is 3.71 cm³/mol. The average molecular weight is 206 g/mol. The van der Waals surface area contributed by atoms with Crippen LogP contribution < -0.4 is 0 Å². The van der Waals surface area contributed by atoms with Gasteiger partial charge in [0.25, 0.3) is 0 Å². The molecule has 0 rings (SSSR count). The number of hydrogen-bond acceptors (Lipinski definition) is 2. The molecule has 0 atom stereocenters. The minimum absolute atomic E-state index is 0. The molecule has 0 unspecified atom stereocenters. The van der Waals surface area contributed by atoms with Gasteiger partial charge in [-0.2, -0.15) is 0 Å². The molecule has 0 aromatic rings. The molecule has 0 aliphatic carbocycles. The zero-order valence-electron chi connectivity index (χ0n) is 1.88. The van der Waals surface area contributed by atoms with Crippen LogP contribution in [0, 0.1) is 0 Å². The first-order valence-corrected chi connectivity index (χ1v) is 0.744. The molecular weight excluding hydrogens is 205 g/mol. The molecule has 2 nitrogen and oxygen atoms in total. The molecule has 5 heavy (non-hydrogen) atoms. The summed E-state index contributed by atoms with van der Waals surface area (Å²) in [7, 11) is 0. The Morgan fingerprint density at radius 3 is 1.60 bits per heavy atom. The molecule has 0 fully saturated rings. The van der Waals surface area contributed by atoms with Crippen LogP contribution in [0.2, 0.25) is 0 Å². The van der Waals surface area contributed by atoms with Gasteiger partial charge in [-0.05, 0) is 0 Å². The molecule has 0 aromatic heterocycles. The van der Waals surface area contributed by atoms with Crippen LogP contribution in [-0.4, -0.2) is 5.26 Å². The summed E-state index contributed by atoms with van der Waals surface area (Å²) in [4.78, 5) is 0. The molecular formula is HCoMnNiO2. The third-order valence-electron chi connectivity index (χ3n) is 0. The Balaban J connectivity index is -0.0000000200. The summed E-state index contributed by atoms with van der Waals surface area (Å²) in [6, 6.07) is 0. The van der Waals surface area contributed by atoms with E-state index in [-0.39, 0.29) is 33.6 Å². The van der Waals surface area contributed by atoms with E-state index in [1.54, 1.807) is 0 Å². The van der Waals surface area contributed by atoms with Gasteiger partial charge in [0.15, 0.2) is 0 Å². The van der Waals surface area contributed by atoms with E-state index in [1.807, 2.05) is 0 Å². The maximum atomic E-state index is 6.93. The topological polar surface area (TPSA) is 29.5 Å². The standard InChI is InChI=1S/Co.Mn.Ni.H2O2/c;;;1-2/h;;;1-2H/q+1;;;/p-1. The average Bonchev–Trinajstić information content (AvgIpc) is 0.918. The second-order valence-electron chi connectivity index (χ2n) is 0.0609. The fraction of sp³-hybridized carbons (Fsp3) is 0. The zero-order chi connectivity index (χ0) is 2.71. The Morgan fingerprint density at radius 2 is 1.60 bits per heavy atom. The summed E-state index contributed by atoms with van der Waals surface area (Å²) in [5.74, 6) is 0. The van der Waals surface area contributed by atoms with Crippen molar-refractivity contribution in [2.75, 3.05) is 0 Å². The van der Waals surface area contributed by atoms with Crippen LogP contribution in [0.3, 0.4) is 0 Å². The van der Waals surface area contributed by atoms with Crippen LogP contribution in [0.5, 0.6) is 0 Å². The smallest absolute Gasteiger partial charge is 0 e. The van der Waals surface area contributed by atoms with Crippen molar-refractivity contribution in [2.24, 2.45) is 0 Å². The minimum Gasteiger partial charge on any atom is 0 e. The Bertz CT molecular complexity index is 9.61. The molecule has 0 heterocycles. The van der Waals surface area contributed by atoms with Crippen LogP contribution >= 0.6 is 0 Å². The van der Waals surface area contributed by atoms with Crippen molar-refractivity contribution in [2.45, 2.75) is 0 Å². The maximum absolute atomic E-state index is 6.93. The summed E-state index contributed by atoms with van der Waals surface area (Å²) < 4.78 is 2.94. The second-order valence-corrected chi connectivity index (χ2v) is 0.251. The van der Waals surface area contributed by atoms with Crippen molar-refractivity contribution < 1.29 is 58.9 Å². The van der Waals surface area contributed by atoms with Crippen molar-refractivity contribution in [1.82, 2.24) is 0 Å². The van der Waals surface area contributed by atoms with Crippen molar-refractivity contribution in [3.05, 3.63) is 0 Å². The van der Waals surface area contributed by atoms with E-state index in [9.17, 15) is 0 Å². The van der Waals surface area contributed by atoms with E-state index < -0.39 is 0 Å². The third-order valence-corrected chi connectivity index (χ3v) is 0. The molecule has 0 amide bonds. The summed E-state index contributed by atoms with van der Waals surface area (Å²) in [6.07, 6.45) is 0. The van der Waals surface area contributed by atoms with Gasteiger partial charge < -0.3 is 0 Å². The van der Waals surface area contributed by atoms with Gasteiger partial charge in [-0.1, -0.05) is 0 Å².